The first-order valence-electron chi connectivity index (χ1n) is 7.13. The second-order valence-corrected chi connectivity index (χ2v) is 5.50. The highest BCUT2D eigenvalue weighted by atomic mass is 14.2. The van der Waals surface area contributed by atoms with E-state index < -0.39 is 0 Å². The van der Waals surface area contributed by atoms with Crippen molar-refractivity contribution in [2.75, 3.05) is 0 Å². The topological polar surface area (TPSA) is 0 Å². The molecule has 0 nitrogen and oxygen atoms in total. The normalized spacial score (nSPS) is 15.6. The van der Waals surface area contributed by atoms with Crippen LogP contribution in [0.1, 0.15) is 79.6 Å². The van der Waals surface area contributed by atoms with Crippen molar-refractivity contribution in [1.29, 1.82) is 0 Å². The van der Waals surface area contributed by atoms with Crippen LogP contribution in [-0.2, 0) is 0 Å². The third-order valence-corrected chi connectivity index (χ3v) is 3.90. The van der Waals surface area contributed by atoms with Gasteiger partial charge in [0.15, 0.2) is 0 Å². The highest BCUT2D eigenvalue weighted by Crippen LogP contribution is 2.29. The summed E-state index contributed by atoms with van der Waals surface area (Å²) in [6.07, 6.45) is 9.93. The molecule has 0 fully saturated rings. The van der Waals surface area contributed by atoms with Crippen molar-refractivity contribution >= 4 is 0 Å². The number of rotatable bonds is 9. The van der Waals surface area contributed by atoms with Gasteiger partial charge in [-0.05, 0) is 17.8 Å². The Morgan fingerprint density at radius 1 is 0.733 bits per heavy atom. The van der Waals surface area contributed by atoms with Crippen LogP contribution in [0.4, 0.5) is 0 Å². The van der Waals surface area contributed by atoms with Crippen molar-refractivity contribution in [1.82, 2.24) is 0 Å². The first-order valence-corrected chi connectivity index (χ1v) is 7.13. The van der Waals surface area contributed by atoms with E-state index in [0.717, 1.165) is 17.8 Å². The van der Waals surface area contributed by atoms with E-state index in [4.69, 9.17) is 0 Å². The molecular formula is C15H32. The van der Waals surface area contributed by atoms with Crippen molar-refractivity contribution in [3.05, 3.63) is 0 Å². The molecule has 0 N–H and O–H groups in total. The van der Waals surface area contributed by atoms with Gasteiger partial charge in [0.25, 0.3) is 0 Å². The fraction of sp³-hybridized carbons (Fsp3) is 1.00. The summed E-state index contributed by atoms with van der Waals surface area (Å²) < 4.78 is 0. The van der Waals surface area contributed by atoms with E-state index in [0.29, 0.717) is 0 Å². The highest BCUT2D eigenvalue weighted by Gasteiger charge is 2.18. The summed E-state index contributed by atoms with van der Waals surface area (Å²) >= 11 is 0. The van der Waals surface area contributed by atoms with Gasteiger partial charge < -0.3 is 0 Å². The van der Waals surface area contributed by atoms with E-state index in [2.05, 4.69) is 34.6 Å². The molecule has 0 spiro atoms. The lowest BCUT2D eigenvalue weighted by Gasteiger charge is -2.27. The Labute approximate surface area is 97.8 Å². The molecule has 0 saturated carbocycles. The third-order valence-electron chi connectivity index (χ3n) is 3.90. The molecule has 2 unspecified atom stereocenters. The van der Waals surface area contributed by atoms with Crippen molar-refractivity contribution < 1.29 is 0 Å². The van der Waals surface area contributed by atoms with Crippen LogP contribution in [0.25, 0.3) is 0 Å². The molecule has 0 rings (SSSR count). The van der Waals surface area contributed by atoms with Crippen LogP contribution in [0.3, 0.4) is 0 Å². The fourth-order valence-electron chi connectivity index (χ4n) is 2.34. The van der Waals surface area contributed by atoms with Crippen molar-refractivity contribution in [2.24, 2.45) is 17.8 Å². The van der Waals surface area contributed by atoms with Crippen LogP contribution in [0.15, 0.2) is 0 Å². The smallest absolute Gasteiger partial charge is 0.0386 e. The lowest BCUT2D eigenvalue weighted by molar-refractivity contribution is 0.238. The first kappa shape index (κ1) is 15.0. The molecule has 0 amide bonds. The molecule has 2 atom stereocenters. The Hall–Kier alpha value is 0. The summed E-state index contributed by atoms with van der Waals surface area (Å²) in [4.78, 5) is 0. The largest absolute Gasteiger partial charge is 0.0654 e. The molecule has 0 saturated heterocycles. The van der Waals surface area contributed by atoms with E-state index in [1.807, 2.05) is 0 Å². The molecule has 0 aromatic rings. The molecule has 0 heterocycles. The zero-order valence-electron chi connectivity index (χ0n) is 11.7. The molecule has 0 bridgehead atoms. The lowest BCUT2D eigenvalue weighted by atomic mass is 9.79. The fourth-order valence-corrected chi connectivity index (χ4v) is 2.34. The van der Waals surface area contributed by atoms with E-state index in [9.17, 15) is 0 Å². The van der Waals surface area contributed by atoms with Gasteiger partial charge in [-0.3, -0.25) is 0 Å². The van der Waals surface area contributed by atoms with Gasteiger partial charge in [0, 0.05) is 0 Å². The molecule has 0 aromatic heterocycles. The third kappa shape index (κ3) is 6.98. The van der Waals surface area contributed by atoms with Gasteiger partial charge >= 0.3 is 0 Å². The number of hydrogen-bond acceptors (Lipinski definition) is 0. The average Bonchev–Trinajstić information content (AvgIpc) is 2.22. The molecule has 0 aromatic carbocycles. The van der Waals surface area contributed by atoms with Crippen molar-refractivity contribution in [2.45, 2.75) is 79.6 Å². The summed E-state index contributed by atoms with van der Waals surface area (Å²) in [6.45, 7) is 11.8. The van der Waals surface area contributed by atoms with E-state index in [1.165, 1.54) is 44.9 Å². The summed E-state index contributed by atoms with van der Waals surface area (Å²) in [6, 6.07) is 0. The van der Waals surface area contributed by atoms with Crippen LogP contribution in [-0.4, -0.2) is 0 Å². The quantitative estimate of drug-likeness (QED) is 0.432. The van der Waals surface area contributed by atoms with Gasteiger partial charge in [-0.1, -0.05) is 79.6 Å². The van der Waals surface area contributed by atoms with Gasteiger partial charge in [-0.2, -0.15) is 0 Å². The van der Waals surface area contributed by atoms with Gasteiger partial charge in [-0.15, -0.1) is 0 Å². The van der Waals surface area contributed by atoms with E-state index in [-0.39, 0.29) is 0 Å². The predicted molar refractivity (Wildman–Crippen MR) is 71.2 cm³/mol. The zero-order valence-corrected chi connectivity index (χ0v) is 11.7. The summed E-state index contributed by atoms with van der Waals surface area (Å²) in [5, 5.41) is 0. The Kier molecular flexibility index (Phi) is 9.24. The lowest BCUT2D eigenvalue weighted by Crippen LogP contribution is -2.17. The molecule has 92 valence electrons. The van der Waals surface area contributed by atoms with Crippen LogP contribution < -0.4 is 0 Å². The number of hydrogen-bond donors (Lipinski definition) is 0. The van der Waals surface area contributed by atoms with Crippen molar-refractivity contribution in [3.63, 3.8) is 0 Å². The Balaban J connectivity index is 3.93. The van der Waals surface area contributed by atoms with Gasteiger partial charge in [0.2, 0.25) is 0 Å². The Morgan fingerprint density at radius 2 is 1.27 bits per heavy atom. The van der Waals surface area contributed by atoms with Crippen LogP contribution >= 0.6 is 0 Å². The maximum atomic E-state index is 2.46. The standard InChI is InChI=1S/C15H32/c1-6-8-10-12-15(11-9-7-2)14(5)13(3)4/h13-15H,6-12H2,1-5H3. The molecule has 0 aliphatic heterocycles. The van der Waals surface area contributed by atoms with Crippen LogP contribution in [0.2, 0.25) is 0 Å². The SMILES string of the molecule is CCCCCC(CCCC)C(C)C(C)C. The summed E-state index contributed by atoms with van der Waals surface area (Å²) in [5.74, 6) is 2.75. The highest BCUT2D eigenvalue weighted by molar-refractivity contribution is 4.69. The molecule has 0 aliphatic rings. The van der Waals surface area contributed by atoms with Gasteiger partial charge in [0.1, 0.15) is 0 Å². The van der Waals surface area contributed by atoms with Crippen LogP contribution in [0.5, 0.6) is 0 Å². The molecule has 15 heavy (non-hydrogen) atoms. The maximum absolute atomic E-state index is 2.46. The minimum absolute atomic E-state index is 0.855. The summed E-state index contributed by atoms with van der Waals surface area (Å²) in [7, 11) is 0. The Bertz CT molecular complexity index is 126. The minimum Gasteiger partial charge on any atom is -0.0654 e. The molecular weight excluding hydrogens is 180 g/mol. The van der Waals surface area contributed by atoms with E-state index >= 15 is 0 Å². The maximum Gasteiger partial charge on any atom is -0.0386 e. The average molecular weight is 212 g/mol. The summed E-state index contributed by atoms with van der Waals surface area (Å²) in [5.41, 5.74) is 0. The first-order chi connectivity index (χ1) is 7.13. The minimum atomic E-state index is 0.855. The second-order valence-electron chi connectivity index (χ2n) is 5.50. The number of unbranched alkanes of at least 4 members (excludes halogenated alkanes) is 3. The Morgan fingerprint density at radius 3 is 1.73 bits per heavy atom. The van der Waals surface area contributed by atoms with Gasteiger partial charge in [0.05, 0.1) is 0 Å². The van der Waals surface area contributed by atoms with Crippen LogP contribution in [0, 0.1) is 17.8 Å². The molecule has 0 radical (unpaired) electrons. The van der Waals surface area contributed by atoms with Gasteiger partial charge in [-0.25, -0.2) is 0 Å². The van der Waals surface area contributed by atoms with E-state index in [1.54, 1.807) is 0 Å². The predicted octanol–water partition coefficient (Wildman–Crippen LogP) is 5.67. The monoisotopic (exact) mass is 212 g/mol. The molecule has 0 heteroatoms. The zero-order chi connectivity index (χ0) is 11.7. The second kappa shape index (κ2) is 9.24. The molecule has 0 aliphatic carbocycles. The van der Waals surface area contributed by atoms with Crippen molar-refractivity contribution in [3.8, 4) is 0 Å².